The fraction of sp³-hybridized carbons (Fsp3) is 0.261. The Morgan fingerprint density at radius 1 is 1.09 bits per heavy atom. The standard InChI is InChI=1S/C23H22Cl2FNO4S/c1-27-23(28)22-16(13-21(26)17-5-3-4-6-18(17)22)11-15(9-10-31-32(2,29)30)14-7-8-19(24)20(25)12-14/h3-8,12-13,15H,9-11H2,1-2H3,(H,27,28). The van der Waals surface area contributed by atoms with Gasteiger partial charge in [0.1, 0.15) is 5.82 Å². The van der Waals surface area contributed by atoms with E-state index < -0.39 is 15.9 Å². The number of rotatable bonds is 8. The fourth-order valence-corrected chi connectivity index (χ4v) is 4.40. The summed E-state index contributed by atoms with van der Waals surface area (Å²) in [5.41, 5.74) is 1.64. The molecule has 5 nitrogen and oxygen atoms in total. The van der Waals surface area contributed by atoms with E-state index in [1.165, 1.54) is 13.1 Å². The van der Waals surface area contributed by atoms with Crippen LogP contribution in [-0.2, 0) is 20.7 Å². The van der Waals surface area contributed by atoms with Crippen molar-refractivity contribution in [3.63, 3.8) is 0 Å². The summed E-state index contributed by atoms with van der Waals surface area (Å²) in [6, 6.07) is 13.2. The zero-order valence-corrected chi connectivity index (χ0v) is 19.8. The van der Waals surface area contributed by atoms with Gasteiger partial charge in [0.05, 0.1) is 28.5 Å². The normalized spacial score (nSPS) is 12.7. The number of halogens is 3. The van der Waals surface area contributed by atoms with Crippen LogP contribution in [0.15, 0.2) is 48.5 Å². The zero-order chi connectivity index (χ0) is 23.5. The highest BCUT2D eigenvalue weighted by molar-refractivity contribution is 7.85. The summed E-state index contributed by atoms with van der Waals surface area (Å²) in [5.74, 6) is -1.09. The molecule has 0 saturated carbocycles. The van der Waals surface area contributed by atoms with E-state index in [4.69, 9.17) is 27.4 Å². The van der Waals surface area contributed by atoms with Gasteiger partial charge in [0.25, 0.3) is 16.0 Å². The molecule has 0 fully saturated rings. The van der Waals surface area contributed by atoms with Crippen molar-refractivity contribution < 1.29 is 21.8 Å². The maximum Gasteiger partial charge on any atom is 0.264 e. The molecule has 0 spiro atoms. The molecule has 0 aliphatic rings. The van der Waals surface area contributed by atoms with Crippen LogP contribution in [-0.4, -0.2) is 34.2 Å². The van der Waals surface area contributed by atoms with Crippen LogP contribution < -0.4 is 5.32 Å². The largest absolute Gasteiger partial charge is 0.355 e. The summed E-state index contributed by atoms with van der Waals surface area (Å²) in [6.45, 7) is -0.0743. The van der Waals surface area contributed by atoms with Crippen molar-refractivity contribution in [3.05, 3.63) is 81.1 Å². The molecule has 1 atom stereocenters. The van der Waals surface area contributed by atoms with Crippen molar-refractivity contribution in [2.45, 2.75) is 18.8 Å². The number of hydrogen-bond acceptors (Lipinski definition) is 4. The number of carbonyl (C=O) groups is 1. The predicted molar refractivity (Wildman–Crippen MR) is 126 cm³/mol. The Morgan fingerprint density at radius 3 is 2.41 bits per heavy atom. The summed E-state index contributed by atoms with van der Waals surface area (Å²) in [5, 5.41) is 4.19. The van der Waals surface area contributed by atoms with Crippen molar-refractivity contribution in [2.24, 2.45) is 0 Å². The lowest BCUT2D eigenvalue weighted by molar-refractivity contribution is 0.0963. The quantitative estimate of drug-likeness (QED) is 0.426. The molecule has 1 N–H and O–H groups in total. The smallest absolute Gasteiger partial charge is 0.264 e. The Balaban J connectivity index is 2.08. The molecular formula is C23H22Cl2FNO4S. The minimum Gasteiger partial charge on any atom is -0.355 e. The lowest BCUT2D eigenvalue weighted by Gasteiger charge is -2.21. The Hall–Kier alpha value is -2.19. The molecule has 3 aromatic carbocycles. The lowest BCUT2D eigenvalue weighted by Crippen LogP contribution is -2.21. The van der Waals surface area contributed by atoms with Crippen LogP contribution in [0.2, 0.25) is 10.0 Å². The summed E-state index contributed by atoms with van der Waals surface area (Å²) in [4.78, 5) is 12.7. The number of benzene rings is 3. The average molecular weight is 498 g/mol. The third kappa shape index (κ3) is 5.78. The highest BCUT2D eigenvalue weighted by Crippen LogP contribution is 2.34. The minimum absolute atomic E-state index is 0.0743. The van der Waals surface area contributed by atoms with Crippen molar-refractivity contribution >= 4 is 50.0 Å². The molecule has 1 amide bonds. The third-order valence-electron chi connectivity index (χ3n) is 5.17. The number of hydrogen-bond donors (Lipinski definition) is 1. The van der Waals surface area contributed by atoms with E-state index in [0.29, 0.717) is 38.4 Å². The van der Waals surface area contributed by atoms with Crippen molar-refractivity contribution in [2.75, 3.05) is 19.9 Å². The SMILES string of the molecule is CNC(=O)c1c(CC(CCOS(C)(=O)=O)c2ccc(Cl)c(Cl)c2)cc(F)c2ccccc12. The predicted octanol–water partition coefficient (Wildman–Crippen LogP) is 5.34. The van der Waals surface area contributed by atoms with E-state index in [1.807, 2.05) is 0 Å². The zero-order valence-electron chi connectivity index (χ0n) is 17.5. The van der Waals surface area contributed by atoms with Gasteiger partial charge < -0.3 is 5.32 Å². The van der Waals surface area contributed by atoms with Gasteiger partial charge >= 0.3 is 0 Å². The highest BCUT2D eigenvalue weighted by atomic mass is 35.5. The Kier molecular flexibility index (Phi) is 7.77. The second-order valence-electron chi connectivity index (χ2n) is 7.41. The second kappa shape index (κ2) is 10.2. The van der Waals surface area contributed by atoms with Gasteiger partial charge in [-0.1, -0.05) is 53.5 Å². The summed E-state index contributed by atoms with van der Waals surface area (Å²) < 4.78 is 42.7. The highest BCUT2D eigenvalue weighted by Gasteiger charge is 2.22. The van der Waals surface area contributed by atoms with Crippen LogP contribution in [0.25, 0.3) is 10.8 Å². The molecule has 0 radical (unpaired) electrons. The van der Waals surface area contributed by atoms with Crippen molar-refractivity contribution in [1.82, 2.24) is 5.32 Å². The van der Waals surface area contributed by atoms with E-state index in [-0.39, 0.29) is 24.9 Å². The van der Waals surface area contributed by atoms with Crippen LogP contribution in [0.4, 0.5) is 4.39 Å². The maximum absolute atomic E-state index is 14.9. The Labute approximate surface area is 196 Å². The molecular weight excluding hydrogens is 476 g/mol. The van der Waals surface area contributed by atoms with Gasteiger partial charge in [-0.3, -0.25) is 8.98 Å². The van der Waals surface area contributed by atoms with Gasteiger partial charge in [-0.2, -0.15) is 8.42 Å². The molecule has 0 aromatic heterocycles. The monoisotopic (exact) mass is 497 g/mol. The van der Waals surface area contributed by atoms with Gasteiger partial charge in [-0.25, -0.2) is 4.39 Å². The van der Waals surface area contributed by atoms with Crippen LogP contribution in [0.1, 0.15) is 33.8 Å². The second-order valence-corrected chi connectivity index (χ2v) is 9.86. The summed E-state index contributed by atoms with van der Waals surface area (Å²) in [6.07, 6.45) is 1.53. The molecule has 0 heterocycles. The molecule has 1 unspecified atom stereocenters. The molecule has 0 bridgehead atoms. The van der Waals surface area contributed by atoms with E-state index in [2.05, 4.69) is 5.32 Å². The van der Waals surface area contributed by atoms with Crippen molar-refractivity contribution in [3.8, 4) is 0 Å². The van der Waals surface area contributed by atoms with E-state index in [1.54, 1.807) is 42.5 Å². The minimum atomic E-state index is -3.62. The van der Waals surface area contributed by atoms with Crippen LogP contribution >= 0.6 is 23.2 Å². The number of carbonyl (C=O) groups excluding carboxylic acids is 1. The summed E-state index contributed by atoms with van der Waals surface area (Å²) in [7, 11) is -2.11. The molecule has 3 aromatic rings. The van der Waals surface area contributed by atoms with E-state index >= 15 is 0 Å². The molecule has 0 saturated heterocycles. The molecule has 9 heteroatoms. The molecule has 0 aliphatic carbocycles. The van der Waals surface area contributed by atoms with Gasteiger partial charge in [-0.15, -0.1) is 0 Å². The van der Waals surface area contributed by atoms with E-state index in [0.717, 1.165) is 11.8 Å². The third-order valence-corrected chi connectivity index (χ3v) is 6.51. The fourth-order valence-electron chi connectivity index (χ4n) is 3.70. The number of nitrogens with one attached hydrogen (secondary N) is 1. The van der Waals surface area contributed by atoms with Gasteiger partial charge in [-0.05, 0) is 53.5 Å². The van der Waals surface area contributed by atoms with Gasteiger partial charge in [0, 0.05) is 12.4 Å². The number of amides is 1. The van der Waals surface area contributed by atoms with Crippen LogP contribution in [0.3, 0.4) is 0 Å². The first-order chi connectivity index (χ1) is 15.1. The first-order valence-corrected chi connectivity index (χ1v) is 12.4. The van der Waals surface area contributed by atoms with Gasteiger partial charge in [0.15, 0.2) is 0 Å². The molecule has 3 rings (SSSR count). The lowest BCUT2D eigenvalue weighted by atomic mass is 9.86. The van der Waals surface area contributed by atoms with Crippen molar-refractivity contribution in [1.29, 1.82) is 0 Å². The summed E-state index contributed by atoms with van der Waals surface area (Å²) >= 11 is 12.2. The van der Waals surface area contributed by atoms with Gasteiger partial charge in [0.2, 0.25) is 0 Å². The number of fused-ring (bicyclic) bond motifs is 1. The van der Waals surface area contributed by atoms with Crippen LogP contribution in [0.5, 0.6) is 0 Å². The maximum atomic E-state index is 14.9. The van der Waals surface area contributed by atoms with Crippen LogP contribution in [0, 0.1) is 5.82 Å². The average Bonchev–Trinajstić information content (AvgIpc) is 2.74. The first kappa shape index (κ1) is 24.5. The van der Waals surface area contributed by atoms with E-state index in [9.17, 15) is 17.6 Å². The Bertz CT molecular complexity index is 1260. The molecule has 0 aliphatic heterocycles. The first-order valence-electron chi connectivity index (χ1n) is 9.82. The molecule has 32 heavy (non-hydrogen) atoms. The molecule has 170 valence electrons. The topological polar surface area (TPSA) is 72.5 Å². The Morgan fingerprint density at radius 2 is 1.78 bits per heavy atom.